The average molecular weight is 183 g/mol. The number of hydrogen-bond donors (Lipinski definition) is 3. The Labute approximate surface area is 68.7 Å². The van der Waals surface area contributed by atoms with Crippen LogP contribution in [0.25, 0.3) is 0 Å². The molecule has 0 saturated carbocycles. The molecule has 0 heterocycles. The molecule has 0 spiro atoms. The fourth-order valence-corrected chi connectivity index (χ4v) is 0.517. The van der Waals surface area contributed by atoms with Gasteiger partial charge in [-0.2, -0.15) is 0 Å². The van der Waals surface area contributed by atoms with Gasteiger partial charge in [0.1, 0.15) is 6.04 Å². The van der Waals surface area contributed by atoms with Gasteiger partial charge >= 0.3 is 5.97 Å². The lowest BCUT2D eigenvalue weighted by molar-refractivity contribution is -0.138. The van der Waals surface area contributed by atoms with Crippen molar-refractivity contribution in [2.45, 2.75) is 13.0 Å². The zero-order valence-electron chi connectivity index (χ0n) is 5.22. The molecule has 0 radical (unpaired) electrons. The van der Waals surface area contributed by atoms with E-state index in [0.29, 0.717) is 0 Å². The largest absolute Gasteiger partial charge is 0.480 e. The van der Waals surface area contributed by atoms with Gasteiger partial charge in [0.2, 0.25) is 0 Å². The van der Waals surface area contributed by atoms with Gasteiger partial charge in [-0.15, -0.1) is 0 Å². The lowest BCUT2D eigenvalue weighted by atomic mass is 10.4. The Hall–Kier alpha value is -0.550. The van der Waals surface area contributed by atoms with E-state index in [1.54, 1.807) is 0 Å². The van der Waals surface area contributed by atoms with E-state index in [9.17, 15) is 4.79 Å². The van der Waals surface area contributed by atoms with Crippen LogP contribution >= 0.6 is 24.0 Å². The number of thiocarbonyl (C=S) groups is 1. The molecular formula is C4H7ClN2O2S. The molecule has 1 unspecified atom stereocenters. The summed E-state index contributed by atoms with van der Waals surface area (Å²) in [5.74, 6) is -0.978. The predicted molar refractivity (Wildman–Crippen MR) is 41.8 cm³/mol. The summed E-state index contributed by atoms with van der Waals surface area (Å²) in [5, 5.41) is 10.9. The molecule has 0 aromatic carbocycles. The molecule has 0 aromatic rings. The van der Waals surface area contributed by atoms with Crippen LogP contribution in [0.5, 0.6) is 0 Å². The SMILES string of the molecule is CC(NC(=S)NCl)C(=O)O. The quantitative estimate of drug-likeness (QED) is 0.417. The van der Waals surface area contributed by atoms with E-state index in [4.69, 9.17) is 16.9 Å². The van der Waals surface area contributed by atoms with Crippen molar-refractivity contribution in [3.05, 3.63) is 0 Å². The minimum absolute atomic E-state index is 0.108. The second-order valence-electron chi connectivity index (χ2n) is 1.63. The molecule has 0 aromatic heterocycles. The zero-order chi connectivity index (χ0) is 8.15. The van der Waals surface area contributed by atoms with Gasteiger partial charge in [-0.05, 0) is 19.1 Å². The molecule has 58 valence electrons. The summed E-state index contributed by atoms with van der Waals surface area (Å²) in [4.78, 5) is 12.2. The number of hydrogen-bond acceptors (Lipinski definition) is 2. The summed E-state index contributed by atoms with van der Waals surface area (Å²) >= 11 is 9.59. The fourth-order valence-electron chi connectivity index (χ4n) is 0.286. The monoisotopic (exact) mass is 182 g/mol. The molecule has 0 bridgehead atoms. The molecule has 6 heteroatoms. The average Bonchev–Trinajstić information content (AvgIpc) is 1.87. The third-order valence-corrected chi connectivity index (χ3v) is 1.32. The highest BCUT2D eigenvalue weighted by Gasteiger charge is 2.10. The smallest absolute Gasteiger partial charge is 0.325 e. The van der Waals surface area contributed by atoms with Crippen LogP contribution in [0.3, 0.4) is 0 Å². The van der Waals surface area contributed by atoms with Crippen molar-refractivity contribution in [3.8, 4) is 0 Å². The third-order valence-electron chi connectivity index (χ3n) is 0.804. The molecule has 1 atom stereocenters. The maximum absolute atomic E-state index is 10.2. The van der Waals surface area contributed by atoms with Crippen LogP contribution in [0.1, 0.15) is 6.92 Å². The van der Waals surface area contributed by atoms with Crippen molar-refractivity contribution in [2.75, 3.05) is 0 Å². The highest BCUT2D eigenvalue weighted by Crippen LogP contribution is 1.80. The number of carboxylic acid groups (broad SMARTS) is 1. The van der Waals surface area contributed by atoms with E-state index in [0.717, 1.165) is 0 Å². The summed E-state index contributed by atoms with van der Waals surface area (Å²) in [6.45, 7) is 1.46. The summed E-state index contributed by atoms with van der Waals surface area (Å²) in [5.41, 5.74) is 0. The van der Waals surface area contributed by atoms with Gasteiger partial charge < -0.3 is 10.4 Å². The molecule has 10 heavy (non-hydrogen) atoms. The van der Waals surface area contributed by atoms with Crippen molar-refractivity contribution < 1.29 is 9.90 Å². The summed E-state index contributed by atoms with van der Waals surface area (Å²) in [6.07, 6.45) is 0. The Morgan fingerprint density at radius 2 is 2.30 bits per heavy atom. The highest BCUT2D eigenvalue weighted by atomic mass is 35.5. The van der Waals surface area contributed by atoms with Crippen LogP contribution in [0.4, 0.5) is 0 Å². The lowest BCUT2D eigenvalue weighted by Gasteiger charge is -2.08. The van der Waals surface area contributed by atoms with Gasteiger partial charge in [0.25, 0.3) is 0 Å². The standard InChI is InChI=1S/C4H7ClN2O2S/c1-2(3(8)9)6-4(10)7-5/h2H,1H3,(H,8,9)(H2,6,7,10). The molecule has 0 aliphatic carbocycles. The molecule has 0 saturated heterocycles. The number of halogens is 1. The molecule has 0 amide bonds. The molecule has 0 rings (SSSR count). The van der Waals surface area contributed by atoms with Gasteiger partial charge in [-0.3, -0.25) is 9.63 Å². The van der Waals surface area contributed by atoms with Crippen LogP contribution in [0.2, 0.25) is 0 Å². The minimum Gasteiger partial charge on any atom is -0.480 e. The first kappa shape index (κ1) is 9.45. The van der Waals surface area contributed by atoms with E-state index < -0.39 is 12.0 Å². The van der Waals surface area contributed by atoms with E-state index >= 15 is 0 Å². The van der Waals surface area contributed by atoms with Gasteiger partial charge in [-0.1, -0.05) is 0 Å². The summed E-state index contributed by atoms with van der Waals surface area (Å²) < 4.78 is 0. The molecule has 4 nitrogen and oxygen atoms in total. The van der Waals surface area contributed by atoms with Crippen molar-refractivity contribution >= 4 is 35.1 Å². The molecule has 0 fully saturated rings. The van der Waals surface area contributed by atoms with E-state index in [1.807, 2.05) is 0 Å². The second-order valence-corrected chi connectivity index (χ2v) is 2.23. The Morgan fingerprint density at radius 1 is 1.80 bits per heavy atom. The maximum atomic E-state index is 10.2. The Morgan fingerprint density at radius 3 is 2.60 bits per heavy atom. The third kappa shape index (κ3) is 3.47. The van der Waals surface area contributed by atoms with Crippen molar-refractivity contribution in [1.82, 2.24) is 10.2 Å². The topological polar surface area (TPSA) is 61.4 Å². The molecule has 0 aliphatic heterocycles. The Balaban J connectivity index is 3.68. The van der Waals surface area contributed by atoms with E-state index in [-0.39, 0.29) is 5.11 Å². The molecular weight excluding hydrogens is 176 g/mol. The minimum atomic E-state index is -0.978. The van der Waals surface area contributed by atoms with Gasteiger partial charge in [-0.25, -0.2) is 0 Å². The first-order valence-electron chi connectivity index (χ1n) is 2.48. The van der Waals surface area contributed by atoms with Crippen LogP contribution < -0.4 is 10.2 Å². The van der Waals surface area contributed by atoms with Crippen molar-refractivity contribution in [3.63, 3.8) is 0 Å². The number of carboxylic acids is 1. The number of carbonyl (C=O) groups is 1. The normalized spacial score (nSPS) is 11.8. The van der Waals surface area contributed by atoms with Crippen LogP contribution in [-0.4, -0.2) is 22.2 Å². The number of rotatable bonds is 2. The summed E-state index contributed by atoms with van der Waals surface area (Å²) in [6, 6.07) is -0.723. The van der Waals surface area contributed by atoms with Crippen molar-refractivity contribution in [2.24, 2.45) is 0 Å². The van der Waals surface area contributed by atoms with E-state index in [1.165, 1.54) is 6.92 Å². The summed E-state index contributed by atoms with van der Waals surface area (Å²) in [7, 11) is 0. The Kier molecular flexibility index (Phi) is 4.06. The van der Waals surface area contributed by atoms with Crippen molar-refractivity contribution in [1.29, 1.82) is 0 Å². The number of aliphatic carboxylic acids is 1. The molecule has 0 aliphatic rings. The van der Waals surface area contributed by atoms with Crippen LogP contribution in [0, 0.1) is 0 Å². The maximum Gasteiger partial charge on any atom is 0.325 e. The lowest BCUT2D eigenvalue weighted by Crippen LogP contribution is -2.41. The van der Waals surface area contributed by atoms with Crippen LogP contribution in [0.15, 0.2) is 0 Å². The fraction of sp³-hybridized carbons (Fsp3) is 0.500. The van der Waals surface area contributed by atoms with Gasteiger partial charge in [0.15, 0.2) is 5.11 Å². The zero-order valence-corrected chi connectivity index (χ0v) is 6.79. The first-order valence-corrected chi connectivity index (χ1v) is 3.26. The Bertz CT molecular complexity index is 152. The first-order chi connectivity index (χ1) is 4.57. The molecule has 3 N–H and O–H groups in total. The second kappa shape index (κ2) is 4.29. The van der Waals surface area contributed by atoms with E-state index in [2.05, 4.69) is 22.4 Å². The number of nitrogens with one attached hydrogen (secondary N) is 2. The van der Waals surface area contributed by atoms with Crippen LogP contribution in [-0.2, 0) is 4.79 Å². The van der Waals surface area contributed by atoms with Gasteiger partial charge in [0.05, 0.1) is 0 Å². The van der Waals surface area contributed by atoms with Gasteiger partial charge in [0, 0.05) is 11.8 Å². The highest BCUT2D eigenvalue weighted by molar-refractivity contribution is 7.80. The predicted octanol–water partition coefficient (Wildman–Crippen LogP) is 0.0774.